The van der Waals surface area contributed by atoms with Gasteiger partial charge in [-0.2, -0.15) is 13.2 Å². The monoisotopic (exact) mass is 168 g/mol. The van der Waals surface area contributed by atoms with Crippen molar-refractivity contribution in [2.45, 2.75) is 6.18 Å². The molecule has 0 rings (SSSR count). The van der Waals surface area contributed by atoms with Gasteiger partial charge in [-0.25, -0.2) is 9.59 Å². The van der Waals surface area contributed by atoms with Crippen molar-refractivity contribution >= 4 is 11.9 Å². The molecule has 0 atom stereocenters. The van der Waals surface area contributed by atoms with Crippen molar-refractivity contribution in [3.8, 4) is 0 Å². The predicted octanol–water partition coefficient (Wildman–Crippen LogP) is 0.804. The molecule has 0 aromatic heterocycles. The third kappa shape index (κ3) is 3.39. The van der Waals surface area contributed by atoms with E-state index >= 15 is 0 Å². The average Bonchev–Trinajstić information content (AvgIpc) is 1.85. The molecule has 0 unspecified atom stereocenters. The molecule has 0 radical (unpaired) electrons. The SMILES string of the molecule is C=CC(=O)OC(=O)C(F)(F)F. The summed E-state index contributed by atoms with van der Waals surface area (Å²) in [5, 5.41) is 0. The molecule has 11 heavy (non-hydrogen) atoms. The zero-order chi connectivity index (χ0) is 9.07. The largest absolute Gasteiger partial charge is 0.491 e. The van der Waals surface area contributed by atoms with Gasteiger partial charge >= 0.3 is 18.1 Å². The molecule has 0 spiro atoms. The summed E-state index contributed by atoms with van der Waals surface area (Å²) in [4.78, 5) is 19.8. The molecule has 3 nitrogen and oxygen atoms in total. The highest BCUT2D eigenvalue weighted by Crippen LogP contribution is 2.16. The lowest BCUT2D eigenvalue weighted by molar-refractivity contribution is -0.200. The number of carbonyl (C=O) groups excluding carboxylic acids is 2. The summed E-state index contributed by atoms with van der Waals surface area (Å²) < 4.78 is 37.1. The van der Waals surface area contributed by atoms with E-state index in [1.165, 1.54) is 0 Å². The Labute approximate surface area is 59.4 Å². The van der Waals surface area contributed by atoms with Gasteiger partial charge in [0.2, 0.25) is 0 Å². The second-order valence-electron chi connectivity index (χ2n) is 1.41. The highest BCUT2D eigenvalue weighted by Gasteiger charge is 2.42. The molecule has 0 aliphatic heterocycles. The number of halogens is 3. The molecule has 0 aromatic carbocycles. The van der Waals surface area contributed by atoms with Crippen LogP contribution in [0.5, 0.6) is 0 Å². The molecular formula is C5H3F3O3. The van der Waals surface area contributed by atoms with E-state index in [1.807, 2.05) is 0 Å². The molecule has 62 valence electrons. The minimum Gasteiger partial charge on any atom is -0.383 e. The van der Waals surface area contributed by atoms with Crippen molar-refractivity contribution in [2.75, 3.05) is 0 Å². The lowest BCUT2D eigenvalue weighted by Gasteiger charge is -2.01. The Hall–Kier alpha value is -1.33. The zero-order valence-electron chi connectivity index (χ0n) is 5.14. The standard InChI is InChI=1S/C5H3F3O3/c1-2-3(9)11-4(10)5(6,7)8/h2H,1H2. The maximum atomic E-state index is 11.3. The Morgan fingerprint density at radius 3 is 2.09 bits per heavy atom. The smallest absolute Gasteiger partial charge is 0.383 e. The Balaban J connectivity index is 4.09. The molecule has 0 fully saturated rings. The quantitative estimate of drug-likeness (QED) is 0.330. The molecule has 0 aliphatic rings. The Kier molecular flexibility index (Phi) is 2.79. The van der Waals surface area contributed by atoms with Gasteiger partial charge in [-0.15, -0.1) is 0 Å². The topological polar surface area (TPSA) is 43.4 Å². The van der Waals surface area contributed by atoms with E-state index in [0.29, 0.717) is 6.08 Å². The van der Waals surface area contributed by atoms with E-state index in [9.17, 15) is 22.8 Å². The number of hydrogen-bond donors (Lipinski definition) is 0. The molecule has 0 saturated heterocycles. The molecule has 0 aromatic rings. The van der Waals surface area contributed by atoms with E-state index in [-0.39, 0.29) is 0 Å². The van der Waals surface area contributed by atoms with Gasteiger partial charge in [-0.05, 0) is 0 Å². The first-order valence-corrected chi connectivity index (χ1v) is 2.33. The minimum atomic E-state index is -5.14. The number of carbonyl (C=O) groups is 2. The van der Waals surface area contributed by atoms with Crippen LogP contribution < -0.4 is 0 Å². The van der Waals surface area contributed by atoms with Gasteiger partial charge in [-0.3, -0.25) is 0 Å². The van der Waals surface area contributed by atoms with Crippen molar-refractivity contribution in [2.24, 2.45) is 0 Å². The Morgan fingerprint density at radius 1 is 1.36 bits per heavy atom. The second kappa shape index (κ2) is 3.18. The van der Waals surface area contributed by atoms with Crippen LogP contribution in [-0.4, -0.2) is 18.1 Å². The molecule has 0 saturated carbocycles. The van der Waals surface area contributed by atoms with Gasteiger partial charge in [0.25, 0.3) is 0 Å². The van der Waals surface area contributed by atoms with Gasteiger partial charge in [0, 0.05) is 6.08 Å². The van der Waals surface area contributed by atoms with Crippen LogP contribution >= 0.6 is 0 Å². The summed E-state index contributed by atoms with van der Waals surface area (Å²) in [6, 6.07) is 0. The molecule has 0 heterocycles. The van der Waals surface area contributed by atoms with Crippen LogP contribution in [0, 0.1) is 0 Å². The van der Waals surface area contributed by atoms with E-state index in [4.69, 9.17) is 0 Å². The number of rotatable bonds is 1. The summed E-state index contributed by atoms with van der Waals surface area (Å²) in [6.07, 6.45) is -4.68. The van der Waals surface area contributed by atoms with Crippen LogP contribution in [0.3, 0.4) is 0 Å². The number of hydrogen-bond acceptors (Lipinski definition) is 3. The fourth-order valence-corrected chi connectivity index (χ4v) is 0.191. The summed E-state index contributed by atoms with van der Waals surface area (Å²) in [7, 11) is 0. The number of alkyl halides is 3. The van der Waals surface area contributed by atoms with Gasteiger partial charge in [0.15, 0.2) is 0 Å². The van der Waals surface area contributed by atoms with Crippen molar-refractivity contribution in [3.05, 3.63) is 12.7 Å². The first kappa shape index (κ1) is 9.67. The van der Waals surface area contributed by atoms with Crippen molar-refractivity contribution in [1.82, 2.24) is 0 Å². The average molecular weight is 168 g/mol. The highest BCUT2D eigenvalue weighted by atomic mass is 19.4. The summed E-state index contributed by atoms with van der Waals surface area (Å²) in [6.45, 7) is 2.80. The van der Waals surface area contributed by atoms with Gasteiger partial charge in [0.05, 0.1) is 0 Å². The zero-order valence-corrected chi connectivity index (χ0v) is 5.14. The van der Waals surface area contributed by atoms with E-state index in [2.05, 4.69) is 11.3 Å². The maximum absolute atomic E-state index is 11.3. The first-order valence-electron chi connectivity index (χ1n) is 2.33. The molecule has 0 aliphatic carbocycles. The van der Waals surface area contributed by atoms with Gasteiger partial charge in [-0.1, -0.05) is 6.58 Å². The van der Waals surface area contributed by atoms with Crippen LogP contribution in [0.2, 0.25) is 0 Å². The van der Waals surface area contributed by atoms with Crippen molar-refractivity contribution < 1.29 is 27.5 Å². The lowest BCUT2D eigenvalue weighted by Crippen LogP contribution is -2.27. The molecule has 0 amide bonds. The lowest BCUT2D eigenvalue weighted by atomic mass is 10.6. The minimum absolute atomic E-state index is 0.462. The van der Waals surface area contributed by atoms with Gasteiger partial charge in [0.1, 0.15) is 0 Å². The number of esters is 2. The number of ether oxygens (including phenoxy) is 1. The van der Waals surface area contributed by atoms with E-state index < -0.39 is 18.1 Å². The molecular weight excluding hydrogens is 165 g/mol. The van der Waals surface area contributed by atoms with E-state index in [0.717, 1.165) is 0 Å². The third-order valence-corrected chi connectivity index (χ3v) is 0.591. The van der Waals surface area contributed by atoms with Crippen LogP contribution in [0.4, 0.5) is 13.2 Å². The molecule has 6 heteroatoms. The Bertz CT molecular complexity index is 194. The van der Waals surface area contributed by atoms with Gasteiger partial charge < -0.3 is 4.74 Å². The van der Waals surface area contributed by atoms with Crippen molar-refractivity contribution in [3.63, 3.8) is 0 Å². The highest BCUT2D eigenvalue weighted by molar-refractivity contribution is 5.93. The first-order chi connectivity index (χ1) is 4.88. The fourth-order valence-electron chi connectivity index (χ4n) is 0.191. The fraction of sp³-hybridized carbons (Fsp3) is 0.200. The van der Waals surface area contributed by atoms with Crippen LogP contribution in [0.1, 0.15) is 0 Å². The van der Waals surface area contributed by atoms with Crippen LogP contribution in [-0.2, 0) is 14.3 Å². The Morgan fingerprint density at radius 2 is 1.82 bits per heavy atom. The normalized spacial score (nSPS) is 10.5. The van der Waals surface area contributed by atoms with E-state index in [1.54, 1.807) is 0 Å². The maximum Gasteiger partial charge on any atom is 0.491 e. The molecule has 0 bridgehead atoms. The van der Waals surface area contributed by atoms with Crippen molar-refractivity contribution in [1.29, 1.82) is 0 Å². The van der Waals surface area contributed by atoms with Crippen LogP contribution in [0.25, 0.3) is 0 Å². The second-order valence-corrected chi connectivity index (χ2v) is 1.41. The summed E-state index contributed by atoms with van der Waals surface area (Å²) in [5.41, 5.74) is 0. The summed E-state index contributed by atoms with van der Waals surface area (Å²) >= 11 is 0. The summed E-state index contributed by atoms with van der Waals surface area (Å²) in [5.74, 6) is -3.96. The van der Waals surface area contributed by atoms with Crippen LogP contribution in [0.15, 0.2) is 12.7 Å². The predicted molar refractivity (Wildman–Crippen MR) is 27.4 cm³/mol. The third-order valence-electron chi connectivity index (χ3n) is 0.591. The molecule has 0 N–H and O–H groups in total.